The third kappa shape index (κ3) is 3.30. The van der Waals surface area contributed by atoms with Crippen LogP contribution >= 0.6 is 11.3 Å². The first kappa shape index (κ1) is 14.6. The lowest BCUT2D eigenvalue weighted by Crippen LogP contribution is -2.40. The Bertz CT molecular complexity index is 617. The monoisotopic (exact) mass is 305 g/mol. The first-order valence-electron chi connectivity index (χ1n) is 7.70. The van der Waals surface area contributed by atoms with Crippen molar-refractivity contribution in [3.05, 3.63) is 18.2 Å². The molecule has 0 amide bonds. The van der Waals surface area contributed by atoms with Crippen molar-refractivity contribution in [3.63, 3.8) is 0 Å². The fraction of sp³-hybridized carbons (Fsp3) is 0.562. The Balaban J connectivity index is 1.63. The fourth-order valence-electron chi connectivity index (χ4n) is 3.06. The van der Waals surface area contributed by atoms with Crippen molar-refractivity contribution in [3.8, 4) is 0 Å². The zero-order valence-electron chi connectivity index (χ0n) is 12.4. The van der Waals surface area contributed by atoms with Crippen LogP contribution in [0.1, 0.15) is 39.0 Å². The minimum atomic E-state index is -0.581. The van der Waals surface area contributed by atoms with E-state index in [0.717, 1.165) is 52.6 Å². The SMILES string of the molecule is CCC1CCC(O)(CNc2nc3ccc(N)cc3s2)CC1. The summed E-state index contributed by atoms with van der Waals surface area (Å²) in [6.07, 6.45) is 5.26. The molecule has 0 atom stereocenters. The van der Waals surface area contributed by atoms with Gasteiger partial charge < -0.3 is 16.2 Å². The minimum Gasteiger partial charge on any atom is -0.399 e. The summed E-state index contributed by atoms with van der Waals surface area (Å²) < 4.78 is 1.08. The highest BCUT2D eigenvalue weighted by atomic mass is 32.1. The van der Waals surface area contributed by atoms with E-state index in [1.165, 1.54) is 6.42 Å². The highest BCUT2D eigenvalue weighted by molar-refractivity contribution is 7.22. The molecule has 0 radical (unpaired) electrons. The summed E-state index contributed by atoms with van der Waals surface area (Å²) in [5.41, 5.74) is 6.92. The summed E-state index contributed by atoms with van der Waals surface area (Å²) in [4.78, 5) is 4.54. The van der Waals surface area contributed by atoms with E-state index in [4.69, 9.17) is 5.73 Å². The van der Waals surface area contributed by atoms with Crippen molar-refractivity contribution in [2.24, 2.45) is 5.92 Å². The number of thiazole rings is 1. The van der Waals surface area contributed by atoms with Gasteiger partial charge in [-0.3, -0.25) is 0 Å². The van der Waals surface area contributed by atoms with E-state index >= 15 is 0 Å². The van der Waals surface area contributed by atoms with Crippen LogP contribution in [0, 0.1) is 5.92 Å². The molecule has 1 aliphatic rings. The molecular weight excluding hydrogens is 282 g/mol. The molecule has 1 fully saturated rings. The van der Waals surface area contributed by atoms with E-state index in [9.17, 15) is 5.11 Å². The number of anilines is 2. The fourth-order valence-corrected chi connectivity index (χ4v) is 3.97. The second-order valence-corrected chi connectivity index (χ2v) is 7.21. The normalized spacial score (nSPS) is 26.1. The zero-order chi connectivity index (χ0) is 14.9. The molecule has 5 heteroatoms. The molecule has 0 saturated heterocycles. The number of nitrogen functional groups attached to an aromatic ring is 1. The van der Waals surface area contributed by atoms with Crippen LogP contribution in [-0.2, 0) is 0 Å². The summed E-state index contributed by atoms with van der Waals surface area (Å²) in [6, 6.07) is 5.75. The average molecular weight is 305 g/mol. The molecule has 21 heavy (non-hydrogen) atoms. The third-order valence-electron chi connectivity index (χ3n) is 4.59. The third-order valence-corrected chi connectivity index (χ3v) is 5.57. The Labute approximate surface area is 129 Å². The molecule has 0 unspecified atom stereocenters. The highest BCUT2D eigenvalue weighted by Crippen LogP contribution is 2.34. The number of rotatable bonds is 4. The second kappa shape index (κ2) is 5.81. The molecule has 1 aliphatic carbocycles. The predicted molar refractivity (Wildman–Crippen MR) is 89.7 cm³/mol. The van der Waals surface area contributed by atoms with E-state index in [0.29, 0.717) is 6.54 Å². The van der Waals surface area contributed by atoms with E-state index in [2.05, 4.69) is 17.2 Å². The first-order chi connectivity index (χ1) is 10.1. The van der Waals surface area contributed by atoms with Gasteiger partial charge in [-0.25, -0.2) is 4.98 Å². The van der Waals surface area contributed by atoms with Crippen molar-refractivity contribution in [1.82, 2.24) is 4.98 Å². The molecule has 4 N–H and O–H groups in total. The summed E-state index contributed by atoms with van der Waals surface area (Å²) in [7, 11) is 0. The molecule has 114 valence electrons. The lowest BCUT2D eigenvalue weighted by atomic mass is 9.78. The molecule has 0 spiro atoms. The van der Waals surface area contributed by atoms with E-state index in [1.54, 1.807) is 11.3 Å². The van der Waals surface area contributed by atoms with Gasteiger partial charge in [-0.1, -0.05) is 24.7 Å². The molecule has 1 aromatic heterocycles. The standard InChI is InChI=1S/C16H23N3OS/c1-2-11-5-7-16(20,8-6-11)10-18-15-19-13-4-3-12(17)9-14(13)21-15/h3-4,9,11,20H,2,5-8,10,17H2,1H3,(H,18,19). The van der Waals surface area contributed by atoms with Crippen LogP contribution in [0.5, 0.6) is 0 Å². The molecular formula is C16H23N3OS. The lowest BCUT2D eigenvalue weighted by molar-refractivity contribution is 0.00229. The quantitative estimate of drug-likeness (QED) is 0.754. The molecule has 1 aromatic carbocycles. The van der Waals surface area contributed by atoms with Gasteiger partial charge in [0.1, 0.15) is 0 Å². The van der Waals surface area contributed by atoms with Crippen LogP contribution < -0.4 is 11.1 Å². The number of aromatic nitrogens is 1. The Kier molecular flexibility index (Phi) is 4.04. The van der Waals surface area contributed by atoms with Crippen LogP contribution in [0.3, 0.4) is 0 Å². The Morgan fingerprint density at radius 2 is 2.19 bits per heavy atom. The lowest BCUT2D eigenvalue weighted by Gasteiger charge is -2.35. The maximum atomic E-state index is 10.7. The minimum absolute atomic E-state index is 0.581. The van der Waals surface area contributed by atoms with Crippen LogP contribution in [0.25, 0.3) is 10.2 Å². The number of nitrogens with zero attached hydrogens (tertiary/aromatic N) is 1. The zero-order valence-corrected chi connectivity index (χ0v) is 13.2. The van der Waals surface area contributed by atoms with Gasteiger partial charge in [-0.15, -0.1) is 0 Å². The van der Waals surface area contributed by atoms with Gasteiger partial charge in [0.15, 0.2) is 5.13 Å². The smallest absolute Gasteiger partial charge is 0.183 e. The molecule has 0 bridgehead atoms. The van der Waals surface area contributed by atoms with Crippen LogP contribution in [0.2, 0.25) is 0 Å². The second-order valence-electron chi connectivity index (χ2n) is 6.18. The van der Waals surface area contributed by atoms with Crippen LogP contribution in [-0.4, -0.2) is 22.2 Å². The van der Waals surface area contributed by atoms with Crippen molar-refractivity contribution >= 4 is 32.4 Å². The summed E-state index contributed by atoms with van der Waals surface area (Å²) >= 11 is 1.59. The van der Waals surface area contributed by atoms with Crippen LogP contribution in [0.4, 0.5) is 10.8 Å². The highest BCUT2D eigenvalue weighted by Gasteiger charge is 2.32. The van der Waals surface area contributed by atoms with Gasteiger partial charge in [0.2, 0.25) is 0 Å². The van der Waals surface area contributed by atoms with Crippen molar-refractivity contribution < 1.29 is 5.11 Å². The molecule has 4 nitrogen and oxygen atoms in total. The molecule has 0 aliphatic heterocycles. The molecule has 2 aromatic rings. The average Bonchev–Trinajstić information content (AvgIpc) is 2.88. The number of aliphatic hydroxyl groups is 1. The number of nitrogens with two attached hydrogens (primary N) is 1. The van der Waals surface area contributed by atoms with E-state index < -0.39 is 5.60 Å². The Hall–Kier alpha value is -1.33. The number of hydrogen-bond acceptors (Lipinski definition) is 5. The number of fused-ring (bicyclic) bond motifs is 1. The number of nitrogens with one attached hydrogen (secondary N) is 1. The van der Waals surface area contributed by atoms with Gasteiger partial charge in [-0.05, 0) is 49.8 Å². The first-order valence-corrected chi connectivity index (χ1v) is 8.52. The van der Waals surface area contributed by atoms with E-state index in [-0.39, 0.29) is 0 Å². The van der Waals surface area contributed by atoms with Crippen molar-refractivity contribution in [1.29, 1.82) is 0 Å². The topological polar surface area (TPSA) is 71.2 Å². The van der Waals surface area contributed by atoms with Gasteiger partial charge in [0.25, 0.3) is 0 Å². The predicted octanol–water partition coefficient (Wildman–Crippen LogP) is 3.62. The summed E-state index contributed by atoms with van der Waals surface area (Å²) in [5.74, 6) is 0.788. The maximum Gasteiger partial charge on any atom is 0.183 e. The molecule has 3 rings (SSSR count). The van der Waals surface area contributed by atoms with E-state index in [1.807, 2.05) is 18.2 Å². The van der Waals surface area contributed by atoms with Crippen molar-refractivity contribution in [2.75, 3.05) is 17.6 Å². The van der Waals surface area contributed by atoms with Gasteiger partial charge in [-0.2, -0.15) is 0 Å². The molecule has 1 saturated carbocycles. The summed E-state index contributed by atoms with van der Waals surface area (Å²) in [5, 5.41) is 14.8. The maximum absolute atomic E-state index is 10.7. The van der Waals surface area contributed by atoms with Crippen molar-refractivity contribution in [2.45, 2.75) is 44.6 Å². The van der Waals surface area contributed by atoms with Gasteiger partial charge in [0, 0.05) is 12.2 Å². The summed E-state index contributed by atoms with van der Waals surface area (Å²) in [6.45, 7) is 2.82. The molecule has 1 heterocycles. The van der Waals surface area contributed by atoms with Gasteiger partial charge in [0.05, 0.1) is 15.8 Å². The van der Waals surface area contributed by atoms with Crippen LogP contribution in [0.15, 0.2) is 18.2 Å². The number of benzene rings is 1. The van der Waals surface area contributed by atoms with Gasteiger partial charge >= 0.3 is 0 Å². The Morgan fingerprint density at radius 3 is 2.90 bits per heavy atom. The number of hydrogen-bond donors (Lipinski definition) is 3. The Morgan fingerprint density at radius 1 is 1.43 bits per heavy atom. The largest absolute Gasteiger partial charge is 0.399 e.